The molecule has 67 valence electrons. The van der Waals surface area contributed by atoms with Crippen LogP contribution in [-0.2, 0) is 6.42 Å². The molecule has 1 aliphatic rings. The molecule has 0 fully saturated rings. The predicted octanol–water partition coefficient (Wildman–Crippen LogP) is 2.24. The van der Waals surface area contributed by atoms with Crippen LogP contribution in [0.4, 0.5) is 0 Å². The maximum absolute atomic E-state index is 2.27. The molecule has 0 saturated carbocycles. The van der Waals surface area contributed by atoms with E-state index in [0.717, 1.165) is 6.42 Å². The zero-order valence-electron chi connectivity index (χ0n) is 8.12. The SMILES string of the molecule is CN(C)C1=CCc2ccccc2[CH]1. The highest BCUT2D eigenvalue weighted by Crippen LogP contribution is 2.23. The Balaban J connectivity index is 2.28. The van der Waals surface area contributed by atoms with Crippen molar-refractivity contribution in [2.45, 2.75) is 6.42 Å². The number of nitrogens with zero attached hydrogens (tertiary/aromatic N) is 1. The van der Waals surface area contributed by atoms with Gasteiger partial charge in [-0.15, -0.1) is 0 Å². The van der Waals surface area contributed by atoms with Gasteiger partial charge in [0.05, 0.1) is 0 Å². The first kappa shape index (κ1) is 8.36. The number of rotatable bonds is 1. The molecule has 1 heteroatoms. The average Bonchev–Trinajstić information content (AvgIpc) is 2.17. The van der Waals surface area contributed by atoms with Gasteiger partial charge in [-0.2, -0.15) is 0 Å². The van der Waals surface area contributed by atoms with Crippen molar-refractivity contribution in [3.05, 3.63) is 53.6 Å². The molecule has 0 N–H and O–H groups in total. The predicted molar refractivity (Wildman–Crippen MR) is 55.3 cm³/mol. The minimum Gasteiger partial charge on any atom is -0.381 e. The quantitative estimate of drug-likeness (QED) is 0.628. The second kappa shape index (κ2) is 3.25. The van der Waals surface area contributed by atoms with Crippen molar-refractivity contribution in [3.63, 3.8) is 0 Å². The van der Waals surface area contributed by atoms with Gasteiger partial charge < -0.3 is 4.90 Å². The standard InChI is InChI=1S/C12H14N/c1-13(2)12-8-7-10-5-3-4-6-11(10)9-12/h3-6,8-9H,7H2,1-2H3. The summed E-state index contributed by atoms with van der Waals surface area (Å²) in [6.45, 7) is 0. The molecule has 1 aromatic rings. The van der Waals surface area contributed by atoms with Crippen LogP contribution in [0.15, 0.2) is 36.0 Å². The van der Waals surface area contributed by atoms with E-state index in [1.165, 1.54) is 16.8 Å². The summed E-state index contributed by atoms with van der Waals surface area (Å²) in [5.41, 5.74) is 4.08. The molecule has 1 radical (unpaired) electrons. The lowest BCUT2D eigenvalue weighted by Crippen LogP contribution is -2.15. The van der Waals surface area contributed by atoms with Crippen LogP contribution >= 0.6 is 0 Å². The highest BCUT2D eigenvalue weighted by atomic mass is 15.1. The van der Waals surface area contributed by atoms with E-state index in [1.807, 2.05) is 0 Å². The number of benzene rings is 1. The lowest BCUT2D eigenvalue weighted by Gasteiger charge is -2.22. The van der Waals surface area contributed by atoms with Crippen LogP contribution in [-0.4, -0.2) is 19.0 Å². The molecule has 0 unspecified atom stereocenters. The highest BCUT2D eigenvalue weighted by Gasteiger charge is 2.11. The van der Waals surface area contributed by atoms with Crippen LogP contribution in [0.1, 0.15) is 11.1 Å². The van der Waals surface area contributed by atoms with Gasteiger partial charge in [0.1, 0.15) is 0 Å². The Morgan fingerprint density at radius 3 is 2.69 bits per heavy atom. The molecule has 0 atom stereocenters. The third kappa shape index (κ3) is 1.59. The second-order valence-corrected chi connectivity index (χ2v) is 3.57. The van der Waals surface area contributed by atoms with Crippen molar-refractivity contribution in [3.8, 4) is 0 Å². The van der Waals surface area contributed by atoms with Gasteiger partial charge in [0.15, 0.2) is 0 Å². The summed E-state index contributed by atoms with van der Waals surface area (Å²) in [6, 6.07) is 8.55. The van der Waals surface area contributed by atoms with Crippen molar-refractivity contribution >= 4 is 0 Å². The summed E-state index contributed by atoms with van der Waals surface area (Å²) in [4.78, 5) is 2.15. The van der Waals surface area contributed by atoms with E-state index in [1.54, 1.807) is 0 Å². The van der Waals surface area contributed by atoms with Crippen molar-refractivity contribution in [2.75, 3.05) is 14.1 Å². The Bertz CT molecular complexity index is 337. The summed E-state index contributed by atoms with van der Waals surface area (Å²) in [5, 5.41) is 0. The van der Waals surface area contributed by atoms with E-state index in [4.69, 9.17) is 0 Å². The number of likely N-dealkylation sites (N-methyl/N-ethyl adjacent to an activating group) is 1. The fraction of sp³-hybridized carbons (Fsp3) is 0.250. The van der Waals surface area contributed by atoms with Crippen LogP contribution in [0.2, 0.25) is 0 Å². The summed E-state index contributed by atoms with van der Waals surface area (Å²) in [5.74, 6) is 0. The molecule has 0 aromatic heterocycles. The van der Waals surface area contributed by atoms with Crippen molar-refractivity contribution in [2.24, 2.45) is 0 Å². The summed E-state index contributed by atoms with van der Waals surface area (Å²) in [6.07, 6.45) is 5.56. The van der Waals surface area contributed by atoms with Gasteiger partial charge in [0.25, 0.3) is 0 Å². The van der Waals surface area contributed by atoms with Crippen LogP contribution in [0.3, 0.4) is 0 Å². The molecule has 0 heterocycles. The molecular formula is C12H14N. The van der Waals surface area contributed by atoms with Gasteiger partial charge in [0, 0.05) is 26.2 Å². The van der Waals surface area contributed by atoms with Crippen molar-refractivity contribution < 1.29 is 0 Å². The van der Waals surface area contributed by atoms with Gasteiger partial charge in [-0.1, -0.05) is 30.3 Å². The zero-order chi connectivity index (χ0) is 9.26. The number of hydrogen-bond donors (Lipinski definition) is 0. The maximum atomic E-state index is 2.27. The van der Waals surface area contributed by atoms with Crippen LogP contribution in [0, 0.1) is 6.42 Å². The number of fused-ring (bicyclic) bond motifs is 1. The zero-order valence-corrected chi connectivity index (χ0v) is 8.12. The highest BCUT2D eigenvalue weighted by molar-refractivity contribution is 5.44. The molecule has 13 heavy (non-hydrogen) atoms. The lowest BCUT2D eigenvalue weighted by molar-refractivity contribution is 0.517. The first-order valence-electron chi connectivity index (χ1n) is 4.57. The summed E-state index contributed by atoms with van der Waals surface area (Å²) in [7, 11) is 4.16. The molecule has 0 aliphatic heterocycles. The fourth-order valence-corrected chi connectivity index (χ4v) is 1.61. The van der Waals surface area contributed by atoms with Gasteiger partial charge in [-0.25, -0.2) is 0 Å². The third-order valence-electron chi connectivity index (χ3n) is 2.41. The average molecular weight is 172 g/mol. The van der Waals surface area contributed by atoms with Gasteiger partial charge in [-0.3, -0.25) is 0 Å². The van der Waals surface area contributed by atoms with Gasteiger partial charge >= 0.3 is 0 Å². The lowest BCUT2D eigenvalue weighted by atomic mass is 9.94. The molecule has 1 aliphatic carbocycles. The van der Waals surface area contributed by atoms with Crippen LogP contribution < -0.4 is 0 Å². The molecule has 1 nitrogen and oxygen atoms in total. The molecule has 0 spiro atoms. The molecular weight excluding hydrogens is 158 g/mol. The minimum atomic E-state index is 1.06. The fourth-order valence-electron chi connectivity index (χ4n) is 1.61. The van der Waals surface area contributed by atoms with Crippen molar-refractivity contribution in [1.82, 2.24) is 4.90 Å². The first-order chi connectivity index (χ1) is 6.27. The van der Waals surface area contributed by atoms with E-state index >= 15 is 0 Å². The van der Waals surface area contributed by atoms with Gasteiger partial charge in [-0.05, 0) is 17.5 Å². The largest absolute Gasteiger partial charge is 0.381 e. The Hall–Kier alpha value is -1.24. The van der Waals surface area contributed by atoms with E-state index in [-0.39, 0.29) is 0 Å². The molecule has 0 bridgehead atoms. The Morgan fingerprint density at radius 2 is 1.92 bits per heavy atom. The Kier molecular flexibility index (Phi) is 2.09. The first-order valence-corrected chi connectivity index (χ1v) is 4.57. The van der Waals surface area contributed by atoms with Crippen LogP contribution in [0.25, 0.3) is 0 Å². The van der Waals surface area contributed by atoms with Crippen LogP contribution in [0.5, 0.6) is 0 Å². The van der Waals surface area contributed by atoms with Crippen molar-refractivity contribution in [1.29, 1.82) is 0 Å². The smallest absolute Gasteiger partial charge is 0.0362 e. The third-order valence-corrected chi connectivity index (χ3v) is 2.41. The second-order valence-electron chi connectivity index (χ2n) is 3.57. The molecule has 2 rings (SSSR count). The normalized spacial score (nSPS) is 14.8. The number of allylic oxidation sites excluding steroid dienone is 2. The van der Waals surface area contributed by atoms with E-state index < -0.39 is 0 Å². The Morgan fingerprint density at radius 1 is 1.15 bits per heavy atom. The van der Waals surface area contributed by atoms with E-state index in [0.29, 0.717) is 0 Å². The monoisotopic (exact) mass is 172 g/mol. The van der Waals surface area contributed by atoms with E-state index in [2.05, 4.69) is 55.8 Å². The molecule has 1 aromatic carbocycles. The summed E-state index contributed by atoms with van der Waals surface area (Å²) >= 11 is 0. The van der Waals surface area contributed by atoms with E-state index in [9.17, 15) is 0 Å². The topological polar surface area (TPSA) is 3.24 Å². The Labute approximate surface area is 79.7 Å². The minimum absolute atomic E-state index is 1.06. The van der Waals surface area contributed by atoms with Gasteiger partial charge in [0.2, 0.25) is 0 Å². The summed E-state index contributed by atoms with van der Waals surface area (Å²) < 4.78 is 0. The maximum Gasteiger partial charge on any atom is 0.0362 e. The molecule has 0 saturated heterocycles. The number of hydrogen-bond acceptors (Lipinski definition) is 1. The molecule has 0 amide bonds.